The summed E-state index contributed by atoms with van der Waals surface area (Å²) in [5, 5.41) is 0. The summed E-state index contributed by atoms with van der Waals surface area (Å²) < 4.78 is 0. The van der Waals surface area contributed by atoms with Gasteiger partial charge in [0.1, 0.15) is 0 Å². The van der Waals surface area contributed by atoms with E-state index in [4.69, 9.17) is 0 Å². The molecule has 0 bridgehead atoms. The lowest BCUT2D eigenvalue weighted by molar-refractivity contribution is 0.327. The second-order valence-electron chi connectivity index (χ2n) is 6.80. The first kappa shape index (κ1) is 15.8. The van der Waals surface area contributed by atoms with E-state index in [2.05, 4.69) is 40.7 Å². The van der Waals surface area contributed by atoms with Crippen LogP contribution < -0.4 is 0 Å². The Kier molecular flexibility index (Phi) is 7.04. The normalized spacial score (nSPS) is 21.7. The maximum absolute atomic E-state index is 2.61. The molecular weight excluding hydrogens is 216 g/mol. The molecule has 0 spiro atoms. The largest absolute Gasteiger partial charge is 0.0825 e. The van der Waals surface area contributed by atoms with Gasteiger partial charge in [0.05, 0.1) is 0 Å². The van der Waals surface area contributed by atoms with Crippen LogP contribution in [0, 0.1) is 23.7 Å². The first-order valence-electron chi connectivity index (χ1n) is 8.26. The Morgan fingerprint density at radius 2 is 1.78 bits per heavy atom. The highest BCUT2D eigenvalue weighted by molar-refractivity contribution is 5.07. The van der Waals surface area contributed by atoms with Crippen LogP contribution in [-0.4, -0.2) is 0 Å². The minimum Gasteiger partial charge on any atom is -0.0825 e. The molecule has 1 saturated carbocycles. The predicted molar refractivity (Wildman–Crippen MR) is 82.7 cm³/mol. The van der Waals surface area contributed by atoms with Crippen LogP contribution in [-0.2, 0) is 0 Å². The Labute approximate surface area is 115 Å². The lowest BCUT2D eigenvalue weighted by Gasteiger charge is -2.21. The molecule has 0 nitrogen and oxygen atoms in total. The Bertz CT molecular complexity index is 247. The highest BCUT2D eigenvalue weighted by Gasteiger charge is 2.22. The van der Waals surface area contributed by atoms with E-state index in [1.54, 1.807) is 5.57 Å². The number of hydrogen-bond donors (Lipinski definition) is 0. The molecule has 0 aromatic heterocycles. The van der Waals surface area contributed by atoms with Crippen molar-refractivity contribution in [2.45, 2.75) is 79.6 Å². The Morgan fingerprint density at radius 3 is 2.28 bits per heavy atom. The minimum atomic E-state index is 0.772. The van der Waals surface area contributed by atoms with Gasteiger partial charge in [-0.05, 0) is 55.8 Å². The fourth-order valence-corrected chi connectivity index (χ4v) is 2.96. The molecule has 0 aromatic rings. The first-order chi connectivity index (χ1) is 8.56. The van der Waals surface area contributed by atoms with E-state index in [1.165, 1.54) is 44.9 Å². The van der Waals surface area contributed by atoms with E-state index in [-0.39, 0.29) is 0 Å². The van der Waals surface area contributed by atoms with E-state index >= 15 is 0 Å². The summed E-state index contributed by atoms with van der Waals surface area (Å²) in [6.45, 7) is 11.9. The van der Waals surface area contributed by atoms with Crippen LogP contribution in [0.5, 0.6) is 0 Å². The summed E-state index contributed by atoms with van der Waals surface area (Å²) in [7, 11) is 0. The fraction of sp³-hybridized carbons (Fsp3) is 0.889. The van der Waals surface area contributed by atoms with Crippen LogP contribution in [0.15, 0.2) is 11.6 Å². The second-order valence-corrected chi connectivity index (χ2v) is 6.80. The molecular formula is C18H34. The molecule has 0 N–H and O–H groups in total. The van der Waals surface area contributed by atoms with Crippen molar-refractivity contribution in [1.82, 2.24) is 0 Å². The molecule has 18 heavy (non-hydrogen) atoms. The van der Waals surface area contributed by atoms with E-state index < -0.39 is 0 Å². The van der Waals surface area contributed by atoms with Crippen LogP contribution in [0.1, 0.15) is 79.6 Å². The number of rotatable bonds is 9. The summed E-state index contributed by atoms with van der Waals surface area (Å²) >= 11 is 0. The van der Waals surface area contributed by atoms with Crippen molar-refractivity contribution < 1.29 is 0 Å². The molecule has 1 aliphatic carbocycles. The highest BCUT2D eigenvalue weighted by Crippen LogP contribution is 2.37. The summed E-state index contributed by atoms with van der Waals surface area (Å²) in [6, 6.07) is 0. The van der Waals surface area contributed by atoms with Crippen LogP contribution in [0.3, 0.4) is 0 Å². The van der Waals surface area contributed by atoms with Gasteiger partial charge in [0.2, 0.25) is 0 Å². The molecule has 3 unspecified atom stereocenters. The number of hydrogen-bond acceptors (Lipinski definition) is 0. The second kappa shape index (κ2) is 8.02. The molecule has 3 atom stereocenters. The molecule has 0 aliphatic heterocycles. The fourth-order valence-electron chi connectivity index (χ4n) is 2.96. The number of allylic oxidation sites excluding steroid dienone is 2. The van der Waals surface area contributed by atoms with Crippen LogP contribution in [0.25, 0.3) is 0 Å². The third-order valence-corrected chi connectivity index (χ3v) is 4.70. The molecule has 0 amide bonds. The SMILES string of the molecule is CCCC(=CC(C)CC(C)C(C)CC)CC1CC1. The average molecular weight is 250 g/mol. The summed E-state index contributed by atoms with van der Waals surface area (Å²) in [5.74, 6) is 3.56. The zero-order valence-corrected chi connectivity index (χ0v) is 13.3. The molecule has 1 rings (SSSR count). The monoisotopic (exact) mass is 250 g/mol. The van der Waals surface area contributed by atoms with Crippen LogP contribution in [0.4, 0.5) is 0 Å². The Hall–Kier alpha value is -0.260. The molecule has 0 saturated heterocycles. The molecule has 0 heteroatoms. The summed E-state index contributed by atoms with van der Waals surface area (Å²) in [4.78, 5) is 0. The van der Waals surface area contributed by atoms with Gasteiger partial charge in [-0.2, -0.15) is 0 Å². The lowest BCUT2D eigenvalue weighted by atomic mass is 9.85. The van der Waals surface area contributed by atoms with Crippen molar-refractivity contribution in [2.24, 2.45) is 23.7 Å². The highest BCUT2D eigenvalue weighted by atomic mass is 14.3. The van der Waals surface area contributed by atoms with Gasteiger partial charge in [0.25, 0.3) is 0 Å². The predicted octanol–water partition coefficient (Wildman–Crippen LogP) is 6.22. The Morgan fingerprint density at radius 1 is 1.11 bits per heavy atom. The minimum absolute atomic E-state index is 0.772. The first-order valence-corrected chi connectivity index (χ1v) is 8.26. The smallest absolute Gasteiger partial charge is 0.0257 e. The molecule has 1 aliphatic rings. The van der Waals surface area contributed by atoms with Crippen molar-refractivity contribution in [1.29, 1.82) is 0 Å². The van der Waals surface area contributed by atoms with E-state index in [9.17, 15) is 0 Å². The standard InChI is InChI=1S/C18H34/c1-6-8-18(13-17-9-10-17)12-14(3)11-16(5)15(4)7-2/h12,14-17H,6-11,13H2,1-5H3. The topological polar surface area (TPSA) is 0 Å². The molecule has 0 heterocycles. The van der Waals surface area contributed by atoms with Crippen molar-refractivity contribution >= 4 is 0 Å². The molecule has 106 valence electrons. The van der Waals surface area contributed by atoms with Gasteiger partial charge in [-0.1, -0.05) is 59.1 Å². The van der Waals surface area contributed by atoms with E-state index in [0.29, 0.717) is 0 Å². The molecule has 1 fully saturated rings. The lowest BCUT2D eigenvalue weighted by Crippen LogP contribution is -2.10. The zero-order valence-electron chi connectivity index (χ0n) is 13.3. The van der Waals surface area contributed by atoms with Crippen LogP contribution in [0.2, 0.25) is 0 Å². The molecule has 0 radical (unpaired) electrons. The van der Waals surface area contributed by atoms with Gasteiger partial charge in [-0.3, -0.25) is 0 Å². The third kappa shape index (κ3) is 6.07. The maximum Gasteiger partial charge on any atom is -0.0257 e. The van der Waals surface area contributed by atoms with Crippen molar-refractivity contribution in [3.63, 3.8) is 0 Å². The van der Waals surface area contributed by atoms with E-state index in [1.807, 2.05) is 0 Å². The van der Waals surface area contributed by atoms with Gasteiger partial charge < -0.3 is 0 Å². The van der Waals surface area contributed by atoms with Gasteiger partial charge in [0.15, 0.2) is 0 Å². The van der Waals surface area contributed by atoms with Crippen LogP contribution >= 0.6 is 0 Å². The summed E-state index contributed by atoms with van der Waals surface area (Å²) in [6.07, 6.45) is 12.3. The van der Waals surface area contributed by atoms with E-state index in [0.717, 1.165) is 23.7 Å². The quantitative estimate of drug-likeness (QED) is 0.426. The third-order valence-electron chi connectivity index (χ3n) is 4.70. The van der Waals surface area contributed by atoms with Gasteiger partial charge in [-0.25, -0.2) is 0 Å². The van der Waals surface area contributed by atoms with Gasteiger partial charge >= 0.3 is 0 Å². The van der Waals surface area contributed by atoms with Crippen molar-refractivity contribution in [2.75, 3.05) is 0 Å². The Balaban J connectivity index is 2.43. The van der Waals surface area contributed by atoms with Gasteiger partial charge in [-0.15, -0.1) is 0 Å². The zero-order chi connectivity index (χ0) is 13.5. The van der Waals surface area contributed by atoms with Crippen molar-refractivity contribution in [3.05, 3.63) is 11.6 Å². The summed E-state index contributed by atoms with van der Waals surface area (Å²) in [5.41, 5.74) is 1.75. The average Bonchev–Trinajstić information content (AvgIpc) is 3.11. The van der Waals surface area contributed by atoms with Crippen molar-refractivity contribution in [3.8, 4) is 0 Å². The maximum atomic E-state index is 2.61. The molecule has 0 aromatic carbocycles. The van der Waals surface area contributed by atoms with Gasteiger partial charge in [0, 0.05) is 0 Å².